The van der Waals surface area contributed by atoms with Gasteiger partial charge in [0, 0.05) is 22.2 Å². The van der Waals surface area contributed by atoms with Gasteiger partial charge in [-0.2, -0.15) is 0 Å². The maximum Gasteiger partial charge on any atom is 0.286 e. The molecule has 1 atom stereocenters. The van der Waals surface area contributed by atoms with E-state index in [1.165, 1.54) is 18.2 Å². The number of hydrogen-bond donors (Lipinski definition) is 1. The van der Waals surface area contributed by atoms with Crippen molar-refractivity contribution in [3.8, 4) is 23.0 Å². The predicted octanol–water partition coefficient (Wildman–Crippen LogP) is 9.24. The Morgan fingerprint density at radius 2 is 1.45 bits per heavy atom. The van der Waals surface area contributed by atoms with Crippen LogP contribution in [0.25, 0.3) is 22.6 Å². The average Bonchev–Trinajstić information content (AvgIpc) is 3.61. The molecule has 1 aromatic heterocycles. The van der Waals surface area contributed by atoms with E-state index in [-0.39, 0.29) is 17.5 Å². The molecule has 1 aliphatic rings. The number of rotatable bonds is 10. The summed E-state index contributed by atoms with van der Waals surface area (Å²) in [5.74, 6) is 0.791. The molecular formula is C40H33ClF3N3O4. The van der Waals surface area contributed by atoms with Gasteiger partial charge >= 0.3 is 0 Å². The van der Waals surface area contributed by atoms with Crippen molar-refractivity contribution in [3.63, 3.8) is 0 Å². The molecule has 5 aromatic carbocycles. The Bertz CT molecular complexity index is 2120. The van der Waals surface area contributed by atoms with E-state index < -0.39 is 42.8 Å². The molecule has 1 N–H and O–H groups in total. The van der Waals surface area contributed by atoms with Gasteiger partial charge in [0.05, 0.1) is 25.7 Å². The Balaban J connectivity index is 1.39. The molecular weight excluding hydrogens is 679 g/mol. The molecule has 51 heavy (non-hydrogen) atoms. The first-order valence-electron chi connectivity index (χ1n) is 16.1. The lowest BCUT2D eigenvalue weighted by atomic mass is 9.76. The number of methoxy groups -OCH3 is 2. The van der Waals surface area contributed by atoms with Crippen molar-refractivity contribution in [2.24, 2.45) is 10.4 Å². The van der Waals surface area contributed by atoms with Crippen molar-refractivity contribution in [3.05, 3.63) is 148 Å². The molecule has 6 aromatic rings. The van der Waals surface area contributed by atoms with E-state index in [4.69, 9.17) is 35.2 Å². The third-order valence-corrected chi connectivity index (χ3v) is 9.53. The van der Waals surface area contributed by atoms with Crippen LogP contribution in [0.5, 0.6) is 11.5 Å². The number of oxazole rings is 1. The fraction of sp³-hybridized carbons (Fsp3) is 0.200. The summed E-state index contributed by atoms with van der Waals surface area (Å²) in [6.45, 7) is -2.73. The van der Waals surface area contributed by atoms with Gasteiger partial charge in [-0.15, -0.1) is 0 Å². The molecule has 260 valence electrons. The van der Waals surface area contributed by atoms with E-state index in [0.29, 0.717) is 33.2 Å². The van der Waals surface area contributed by atoms with E-state index in [9.17, 15) is 0 Å². The molecule has 0 aliphatic carbocycles. The standard InChI is InChI=1S/C40H33ClF3N3O4/c1-48-30-14-9-27(10-15-30)40(26-6-4-3-5-7-26,28-11-16-31(49-2)17-12-28)47-38-46-36(39(22-42,23-43)24-50-38)32-20-25(8-18-33(32)44)37-45-34-19-13-29(41)21-35(34)51-37/h3-21,36H,22-24H2,1-2H3,(H,46,47)/t36-/m0/s1. The fourth-order valence-corrected chi connectivity index (χ4v) is 6.63. The monoisotopic (exact) mass is 711 g/mol. The molecule has 1 aliphatic heterocycles. The number of halogens is 4. The maximum atomic E-state index is 15.9. The van der Waals surface area contributed by atoms with Crippen LogP contribution >= 0.6 is 11.6 Å². The highest BCUT2D eigenvalue weighted by molar-refractivity contribution is 6.31. The van der Waals surface area contributed by atoms with Crippen LogP contribution in [0.4, 0.5) is 13.2 Å². The fourth-order valence-electron chi connectivity index (χ4n) is 6.46. The topological polar surface area (TPSA) is 78.1 Å². The molecule has 7 nitrogen and oxygen atoms in total. The van der Waals surface area contributed by atoms with Crippen LogP contribution in [0.3, 0.4) is 0 Å². The lowest BCUT2D eigenvalue weighted by molar-refractivity contribution is 0.0268. The number of aliphatic imine (C=N–C) groups is 1. The molecule has 0 fully saturated rings. The van der Waals surface area contributed by atoms with Crippen molar-refractivity contribution in [1.82, 2.24) is 10.3 Å². The third kappa shape index (κ3) is 6.25. The van der Waals surface area contributed by atoms with E-state index in [1.54, 1.807) is 32.4 Å². The molecule has 2 heterocycles. The van der Waals surface area contributed by atoms with Crippen molar-refractivity contribution >= 4 is 28.7 Å². The highest BCUT2D eigenvalue weighted by Crippen LogP contribution is 2.45. The summed E-state index contributed by atoms with van der Waals surface area (Å²) < 4.78 is 68.8. The number of amidine groups is 1. The number of nitrogens with one attached hydrogen (secondary N) is 1. The van der Waals surface area contributed by atoms with Crippen molar-refractivity contribution in [2.45, 2.75) is 11.6 Å². The molecule has 11 heteroatoms. The quantitative estimate of drug-likeness (QED) is 0.143. The normalized spacial score (nSPS) is 15.6. The van der Waals surface area contributed by atoms with Gasteiger partial charge in [-0.1, -0.05) is 66.2 Å². The van der Waals surface area contributed by atoms with Crippen LogP contribution in [-0.4, -0.2) is 45.2 Å². The maximum absolute atomic E-state index is 15.9. The lowest BCUT2D eigenvalue weighted by Gasteiger charge is -2.42. The zero-order valence-corrected chi connectivity index (χ0v) is 28.5. The Morgan fingerprint density at radius 3 is 2.06 bits per heavy atom. The molecule has 0 radical (unpaired) electrons. The Hall–Kier alpha value is -5.48. The second kappa shape index (κ2) is 14.0. The number of aromatic nitrogens is 1. The van der Waals surface area contributed by atoms with Crippen molar-refractivity contribution in [1.29, 1.82) is 0 Å². The van der Waals surface area contributed by atoms with Gasteiger partial charge in [0.2, 0.25) is 5.89 Å². The third-order valence-electron chi connectivity index (χ3n) is 9.29. The first kappa shape index (κ1) is 34.0. The zero-order chi connectivity index (χ0) is 35.6. The summed E-state index contributed by atoms with van der Waals surface area (Å²) in [6, 6.07) is 32.4. The summed E-state index contributed by atoms with van der Waals surface area (Å²) in [6.07, 6.45) is 0. The number of alkyl halides is 2. The van der Waals surface area contributed by atoms with E-state index >= 15 is 13.2 Å². The highest BCUT2D eigenvalue weighted by Gasteiger charge is 2.48. The minimum absolute atomic E-state index is 0.0330. The molecule has 0 unspecified atom stereocenters. The zero-order valence-electron chi connectivity index (χ0n) is 27.7. The SMILES string of the molecule is COc1ccc(C(NC2=N[C@@H](c3cc(-c4nc5ccc(Cl)cc5o4)ccc3F)C(CF)(CF)CO2)(c2ccccc2)c2ccc(OC)cc2)cc1. The summed E-state index contributed by atoms with van der Waals surface area (Å²) in [7, 11) is 3.17. The van der Waals surface area contributed by atoms with Crippen molar-refractivity contribution in [2.75, 3.05) is 34.2 Å². The van der Waals surface area contributed by atoms with Gasteiger partial charge in [-0.05, 0) is 71.3 Å². The van der Waals surface area contributed by atoms with Gasteiger partial charge in [-0.25, -0.2) is 14.4 Å². The summed E-state index contributed by atoms with van der Waals surface area (Å²) in [5.41, 5.74) is 0.743. The summed E-state index contributed by atoms with van der Waals surface area (Å²) in [4.78, 5) is 9.29. The smallest absolute Gasteiger partial charge is 0.286 e. The largest absolute Gasteiger partial charge is 0.497 e. The Labute approximate surface area is 297 Å². The van der Waals surface area contributed by atoms with Crippen LogP contribution in [0.1, 0.15) is 28.3 Å². The van der Waals surface area contributed by atoms with Gasteiger partial charge < -0.3 is 23.9 Å². The van der Waals surface area contributed by atoms with E-state index in [1.807, 2.05) is 78.9 Å². The van der Waals surface area contributed by atoms with Gasteiger partial charge in [0.25, 0.3) is 6.02 Å². The predicted molar refractivity (Wildman–Crippen MR) is 190 cm³/mol. The molecule has 0 amide bonds. The van der Waals surface area contributed by atoms with Crippen LogP contribution in [0.15, 0.2) is 125 Å². The highest BCUT2D eigenvalue weighted by atomic mass is 35.5. The molecule has 0 bridgehead atoms. The first-order valence-corrected chi connectivity index (χ1v) is 16.5. The van der Waals surface area contributed by atoms with Crippen molar-refractivity contribution < 1.29 is 31.8 Å². The minimum atomic E-state index is -1.81. The number of ether oxygens (including phenoxy) is 3. The minimum Gasteiger partial charge on any atom is -0.497 e. The molecule has 0 spiro atoms. The van der Waals surface area contributed by atoms with Crippen LogP contribution in [-0.2, 0) is 10.3 Å². The number of hydrogen-bond acceptors (Lipinski definition) is 7. The second-order valence-corrected chi connectivity index (χ2v) is 12.8. The molecule has 0 saturated heterocycles. The average molecular weight is 712 g/mol. The first-order chi connectivity index (χ1) is 24.8. The Morgan fingerprint density at radius 1 is 0.824 bits per heavy atom. The van der Waals surface area contributed by atoms with Gasteiger partial charge in [-0.3, -0.25) is 8.78 Å². The number of benzene rings is 5. The van der Waals surface area contributed by atoms with Crippen LogP contribution < -0.4 is 14.8 Å². The molecule has 7 rings (SSSR count). The van der Waals surface area contributed by atoms with Gasteiger partial charge in [0.15, 0.2) is 5.58 Å². The van der Waals surface area contributed by atoms with Crippen LogP contribution in [0.2, 0.25) is 5.02 Å². The van der Waals surface area contributed by atoms with E-state index in [2.05, 4.69) is 10.3 Å². The van der Waals surface area contributed by atoms with Crippen LogP contribution in [0, 0.1) is 11.2 Å². The van der Waals surface area contributed by atoms with Gasteiger partial charge in [0.1, 0.15) is 48.3 Å². The summed E-state index contributed by atoms with van der Waals surface area (Å²) >= 11 is 6.14. The number of fused-ring (bicyclic) bond motifs is 1. The second-order valence-electron chi connectivity index (χ2n) is 12.3. The number of nitrogens with zero attached hydrogens (tertiary/aromatic N) is 2. The summed E-state index contributed by atoms with van der Waals surface area (Å²) in [5, 5.41) is 3.97. The lowest BCUT2D eigenvalue weighted by Crippen LogP contribution is -2.52. The molecule has 0 saturated carbocycles. The van der Waals surface area contributed by atoms with E-state index in [0.717, 1.165) is 16.7 Å². The Kier molecular flexibility index (Phi) is 9.35.